The minimum Gasteiger partial charge on any atom is -0.310 e. The van der Waals surface area contributed by atoms with Crippen LogP contribution in [0.15, 0.2) is 212 Å². The second kappa shape index (κ2) is 13.0. The Hall–Kier alpha value is -6.96. The van der Waals surface area contributed by atoms with Gasteiger partial charge >= 0.3 is 0 Å². The van der Waals surface area contributed by atoms with Crippen molar-refractivity contribution in [3.05, 3.63) is 212 Å². The molecule has 0 aliphatic carbocycles. The van der Waals surface area contributed by atoms with Crippen LogP contribution in [0.4, 0.5) is 17.1 Å². The van der Waals surface area contributed by atoms with Gasteiger partial charge in [0, 0.05) is 16.8 Å². The van der Waals surface area contributed by atoms with E-state index in [-0.39, 0.29) is 58.8 Å². The van der Waals surface area contributed by atoms with Gasteiger partial charge in [0.25, 0.3) is 0 Å². The Labute approximate surface area is 320 Å². The topological polar surface area (TPSA) is 3.24 Å². The summed E-state index contributed by atoms with van der Waals surface area (Å²) in [5, 5.41) is 7.28. The van der Waals surface area contributed by atoms with Crippen molar-refractivity contribution >= 4 is 60.2 Å². The molecule has 248 valence electrons. The molecule has 0 aliphatic heterocycles. The zero-order valence-corrected chi connectivity index (χ0v) is 28.5. The molecule has 53 heavy (non-hydrogen) atoms. The molecule has 0 unspecified atom stereocenters. The van der Waals surface area contributed by atoms with Crippen molar-refractivity contribution in [2.75, 3.05) is 4.90 Å². The lowest BCUT2D eigenvalue weighted by Crippen LogP contribution is -2.10. The molecule has 0 amide bonds. The molecular formula is C52H35N. The molecule has 0 atom stereocenters. The maximum absolute atomic E-state index is 9.71. The number of rotatable bonds is 6. The molecule has 10 aromatic rings. The van der Waals surface area contributed by atoms with Gasteiger partial charge in [0.2, 0.25) is 0 Å². The van der Waals surface area contributed by atoms with Crippen LogP contribution in [0.2, 0.25) is 0 Å². The molecule has 0 saturated carbocycles. The standard InChI is InChI=1S/C52H35N/c1-2-12-37(13-3-1)45-17-8-9-18-47(45)39-26-31-44(32-27-39)53(52-35-41-15-5-7-19-48(41)50-20-10-11-21-51(50)52)43-29-24-36(25-30-43)40-28-33-49-42(34-40)23-22-38-14-4-6-16-46(38)49/h1-35H/i24D,25D,26D,27D,29D,30D,31D,32D. The van der Waals surface area contributed by atoms with Crippen LogP contribution >= 0.6 is 0 Å². The maximum Gasteiger partial charge on any atom is 0.0645 e. The number of hydrogen-bond donors (Lipinski definition) is 0. The SMILES string of the molecule is [2H]c1c([2H])c(N(c2c([2H])c([2H])c(-c3ccccc3-c3ccccc3)c([2H])c2[2H])c2cc3ccccc3c3ccccc23)c([2H])c([2H])c1-c1ccc2c(ccc3ccccc32)c1. The Bertz CT molecular complexity index is 3360. The van der Waals surface area contributed by atoms with E-state index < -0.39 is 12.1 Å². The van der Waals surface area contributed by atoms with Gasteiger partial charge in [0.15, 0.2) is 0 Å². The lowest BCUT2D eigenvalue weighted by atomic mass is 9.94. The third-order valence-corrected chi connectivity index (χ3v) is 9.97. The van der Waals surface area contributed by atoms with Gasteiger partial charge in [-0.1, -0.05) is 176 Å². The first-order chi connectivity index (χ1) is 29.6. The molecule has 10 rings (SSSR count). The van der Waals surface area contributed by atoms with Crippen LogP contribution in [0.25, 0.3) is 76.5 Å². The van der Waals surface area contributed by atoms with E-state index >= 15 is 0 Å². The zero-order chi connectivity index (χ0) is 42.1. The van der Waals surface area contributed by atoms with E-state index in [0.29, 0.717) is 22.2 Å². The summed E-state index contributed by atoms with van der Waals surface area (Å²) in [6.07, 6.45) is 0. The van der Waals surface area contributed by atoms with Crippen molar-refractivity contribution in [3.8, 4) is 33.4 Å². The molecule has 1 heteroatoms. The fourth-order valence-corrected chi connectivity index (χ4v) is 7.43. The molecule has 1 nitrogen and oxygen atoms in total. The van der Waals surface area contributed by atoms with E-state index in [9.17, 15) is 11.0 Å². The van der Waals surface area contributed by atoms with E-state index in [2.05, 4.69) is 0 Å². The molecule has 0 bridgehead atoms. The molecule has 0 spiro atoms. The van der Waals surface area contributed by atoms with Gasteiger partial charge in [0.05, 0.1) is 16.7 Å². The Morgan fingerprint density at radius 1 is 0.302 bits per heavy atom. The second-order valence-corrected chi connectivity index (χ2v) is 13.1. The van der Waals surface area contributed by atoms with Crippen LogP contribution in [-0.4, -0.2) is 0 Å². The molecule has 0 N–H and O–H groups in total. The maximum atomic E-state index is 9.71. The van der Waals surface area contributed by atoms with Crippen molar-refractivity contribution in [1.82, 2.24) is 0 Å². The molecular weight excluding hydrogens is 639 g/mol. The van der Waals surface area contributed by atoms with Crippen LogP contribution in [0, 0.1) is 0 Å². The molecule has 10 aromatic carbocycles. The summed E-state index contributed by atoms with van der Waals surface area (Å²) in [5.41, 5.74) is 2.87. The number of fused-ring (bicyclic) bond motifs is 6. The van der Waals surface area contributed by atoms with Gasteiger partial charge in [-0.25, -0.2) is 0 Å². The van der Waals surface area contributed by atoms with E-state index in [1.807, 2.05) is 152 Å². The summed E-state index contributed by atoms with van der Waals surface area (Å²) >= 11 is 0. The zero-order valence-electron chi connectivity index (χ0n) is 36.5. The lowest BCUT2D eigenvalue weighted by molar-refractivity contribution is 1.30. The predicted molar refractivity (Wildman–Crippen MR) is 227 cm³/mol. The summed E-state index contributed by atoms with van der Waals surface area (Å²) in [4.78, 5) is 1.42. The Kier molecular flexibility index (Phi) is 5.76. The first-order valence-electron chi connectivity index (χ1n) is 21.6. The average molecular weight is 682 g/mol. The third-order valence-electron chi connectivity index (χ3n) is 9.97. The Balaban J connectivity index is 1.26. The average Bonchev–Trinajstić information content (AvgIpc) is 3.30. The summed E-state index contributed by atoms with van der Waals surface area (Å²) in [5.74, 6) is 0. The third kappa shape index (κ3) is 5.51. The van der Waals surface area contributed by atoms with Crippen molar-refractivity contribution in [2.24, 2.45) is 0 Å². The molecule has 0 aliphatic rings. The highest BCUT2D eigenvalue weighted by molar-refractivity contribution is 6.14. The first kappa shape index (κ1) is 23.5. The van der Waals surface area contributed by atoms with Crippen molar-refractivity contribution in [3.63, 3.8) is 0 Å². The number of anilines is 3. The fraction of sp³-hybridized carbons (Fsp3) is 0. The summed E-state index contributed by atoms with van der Waals surface area (Å²) in [6, 6.07) is 49.2. The smallest absolute Gasteiger partial charge is 0.0645 e. The Morgan fingerprint density at radius 3 is 1.51 bits per heavy atom. The van der Waals surface area contributed by atoms with Crippen molar-refractivity contribution in [1.29, 1.82) is 0 Å². The highest BCUT2D eigenvalue weighted by Gasteiger charge is 2.18. The van der Waals surface area contributed by atoms with Crippen LogP contribution in [-0.2, 0) is 0 Å². The summed E-state index contributed by atoms with van der Waals surface area (Å²) < 4.78 is 77.0. The van der Waals surface area contributed by atoms with E-state index in [1.54, 1.807) is 12.1 Å². The van der Waals surface area contributed by atoms with Crippen molar-refractivity contribution < 1.29 is 11.0 Å². The highest BCUT2D eigenvalue weighted by Crippen LogP contribution is 2.43. The normalized spacial score (nSPS) is 13.5. The van der Waals surface area contributed by atoms with Crippen molar-refractivity contribution in [2.45, 2.75) is 0 Å². The van der Waals surface area contributed by atoms with Gasteiger partial charge < -0.3 is 4.90 Å². The molecule has 0 radical (unpaired) electrons. The second-order valence-electron chi connectivity index (χ2n) is 13.1. The lowest BCUT2D eigenvalue weighted by Gasteiger charge is -2.28. The van der Waals surface area contributed by atoms with Crippen LogP contribution in [0.5, 0.6) is 0 Å². The largest absolute Gasteiger partial charge is 0.310 e. The minimum absolute atomic E-state index is 0.112. The number of nitrogens with zero attached hydrogens (tertiary/aromatic N) is 1. The van der Waals surface area contributed by atoms with E-state index in [4.69, 9.17) is 0 Å². The van der Waals surface area contributed by atoms with Gasteiger partial charge in [-0.15, -0.1) is 0 Å². The minimum atomic E-state index is -0.390. The van der Waals surface area contributed by atoms with Gasteiger partial charge in [0.1, 0.15) is 0 Å². The van der Waals surface area contributed by atoms with Gasteiger partial charge in [-0.3, -0.25) is 0 Å². The number of benzene rings is 10. The van der Waals surface area contributed by atoms with Crippen LogP contribution < -0.4 is 4.90 Å². The molecule has 0 saturated heterocycles. The van der Waals surface area contributed by atoms with Crippen LogP contribution in [0.3, 0.4) is 0 Å². The molecule has 0 aromatic heterocycles. The molecule has 0 fully saturated rings. The quantitative estimate of drug-likeness (QED) is 0.158. The van der Waals surface area contributed by atoms with Crippen LogP contribution in [0.1, 0.15) is 11.0 Å². The van der Waals surface area contributed by atoms with Gasteiger partial charge in [-0.05, 0) is 107 Å². The predicted octanol–water partition coefficient (Wildman–Crippen LogP) is 14.8. The van der Waals surface area contributed by atoms with Gasteiger partial charge in [-0.2, -0.15) is 0 Å². The number of hydrogen-bond acceptors (Lipinski definition) is 1. The monoisotopic (exact) mass is 681 g/mol. The fourth-order valence-electron chi connectivity index (χ4n) is 7.43. The van der Waals surface area contributed by atoms with E-state index in [0.717, 1.165) is 48.8 Å². The summed E-state index contributed by atoms with van der Waals surface area (Å²) in [6.45, 7) is 0. The molecule has 0 heterocycles. The van der Waals surface area contributed by atoms with E-state index in [1.165, 1.54) is 4.90 Å². The first-order valence-corrected chi connectivity index (χ1v) is 17.6. The highest BCUT2D eigenvalue weighted by atomic mass is 15.1. The Morgan fingerprint density at radius 2 is 0.792 bits per heavy atom. The summed E-state index contributed by atoms with van der Waals surface area (Å²) in [7, 11) is 0.